The Morgan fingerprint density at radius 3 is 2.55 bits per heavy atom. The van der Waals surface area contributed by atoms with Crippen LogP contribution in [0.25, 0.3) is 11.3 Å². The lowest BCUT2D eigenvalue weighted by atomic mass is 10.1. The number of nitrogens with zero attached hydrogens (tertiary/aromatic N) is 2. The lowest BCUT2D eigenvalue weighted by Gasteiger charge is -2.07. The molecule has 0 radical (unpaired) electrons. The average molecular weight is 359 g/mol. The van der Waals surface area contributed by atoms with Crippen LogP contribution in [-0.2, 0) is 6.54 Å². The smallest absolute Gasteiger partial charge is 0.267 e. The summed E-state index contributed by atoms with van der Waals surface area (Å²) in [5.41, 5.74) is 2.09. The van der Waals surface area contributed by atoms with Crippen LogP contribution < -0.4 is 5.56 Å². The Balaban J connectivity index is 1.96. The molecule has 0 bridgehead atoms. The van der Waals surface area contributed by atoms with E-state index in [0.717, 1.165) is 10.0 Å². The zero-order valence-corrected chi connectivity index (χ0v) is 13.1. The maximum absolute atomic E-state index is 13.2. The van der Waals surface area contributed by atoms with Crippen molar-refractivity contribution in [3.63, 3.8) is 0 Å². The van der Waals surface area contributed by atoms with E-state index in [1.807, 2.05) is 24.3 Å². The van der Waals surface area contributed by atoms with E-state index in [4.69, 9.17) is 0 Å². The predicted molar refractivity (Wildman–Crippen MR) is 87.1 cm³/mol. The van der Waals surface area contributed by atoms with Crippen LogP contribution in [0.3, 0.4) is 0 Å². The highest BCUT2D eigenvalue weighted by Gasteiger charge is 2.05. The third-order valence-electron chi connectivity index (χ3n) is 3.23. The van der Waals surface area contributed by atoms with E-state index in [2.05, 4.69) is 21.0 Å². The summed E-state index contributed by atoms with van der Waals surface area (Å²) < 4.78 is 15.6. The average Bonchev–Trinajstić information content (AvgIpc) is 2.50. The normalized spacial score (nSPS) is 10.6. The quantitative estimate of drug-likeness (QED) is 0.712. The Bertz CT molecular complexity index is 859. The molecule has 5 heteroatoms. The molecule has 0 unspecified atom stereocenters. The fraction of sp³-hybridized carbons (Fsp3) is 0.0588. The van der Waals surface area contributed by atoms with Gasteiger partial charge in [-0.15, -0.1) is 0 Å². The molecular formula is C17H12BrFN2O. The Labute approximate surface area is 135 Å². The summed E-state index contributed by atoms with van der Waals surface area (Å²) in [4.78, 5) is 11.9. The lowest BCUT2D eigenvalue weighted by Crippen LogP contribution is -2.22. The molecule has 0 amide bonds. The van der Waals surface area contributed by atoms with Gasteiger partial charge >= 0.3 is 0 Å². The van der Waals surface area contributed by atoms with Gasteiger partial charge in [0.15, 0.2) is 0 Å². The molecule has 0 atom stereocenters. The monoisotopic (exact) mass is 358 g/mol. The number of halogens is 2. The van der Waals surface area contributed by atoms with Crippen molar-refractivity contribution in [2.75, 3.05) is 0 Å². The maximum atomic E-state index is 13.2. The molecule has 3 nitrogen and oxygen atoms in total. The van der Waals surface area contributed by atoms with E-state index in [1.165, 1.54) is 22.9 Å². The second-order valence-corrected chi connectivity index (χ2v) is 5.77. The lowest BCUT2D eigenvalue weighted by molar-refractivity contribution is 0.612. The summed E-state index contributed by atoms with van der Waals surface area (Å²) in [6.07, 6.45) is 0. The minimum atomic E-state index is -0.324. The summed E-state index contributed by atoms with van der Waals surface area (Å²) in [6.45, 7) is 0.237. The third kappa shape index (κ3) is 3.31. The molecular weight excluding hydrogens is 347 g/mol. The van der Waals surface area contributed by atoms with Crippen LogP contribution in [0, 0.1) is 5.82 Å². The Hall–Kier alpha value is -2.27. The number of aromatic nitrogens is 2. The number of rotatable bonds is 3. The summed E-state index contributed by atoms with van der Waals surface area (Å²) in [5.74, 6) is -0.324. The van der Waals surface area contributed by atoms with Gasteiger partial charge < -0.3 is 0 Å². The Kier molecular flexibility index (Phi) is 4.15. The molecule has 0 aliphatic heterocycles. The van der Waals surface area contributed by atoms with Crippen LogP contribution >= 0.6 is 15.9 Å². The van der Waals surface area contributed by atoms with E-state index < -0.39 is 0 Å². The molecule has 0 saturated carbocycles. The fourth-order valence-electron chi connectivity index (χ4n) is 2.15. The van der Waals surface area contributed by atoms with E-state index in [-0.39, 0.29) is 17.9 Å². The maximum Gasteiger partial charge on any atom is 0.267 e. The minimum absolute atomic E-state index is 0.217. The van der Waals surface area contributed by atoms with Crippen LogP contribution in [0.15, 0.2) is 69.9 Å². The summed E-state index contributed by atoms with van der Waals surface area (Å²) >= 11 is 3.38. The molecule has 1 aromatic heterocycles. The van der Waals surface area contributed by atoms with E-state index >= 15 is 0 Å². The van der Waals surface area contributed by atoms with Crippen molar-refractivity contribution in [2.24, 2.45) is 0 Å². The van der Waals surface area contributed by atoms with Gasteiger partial charge in [-0.1, -0.05) is 40.2 Å². The van der Waals surface area contributed by atoms with Crippen LogP contribution in [-0.4, -0.2) is 9.78 Å². The predicted octanol–water partition coefficient (Wildman–Crippen LogP) is 3.86. The standard InChI is InChI=1S/C17H12BrFN2O/c18-14-6-4-13(5-7-14)16-8-9-17(22)21(20-16)11-12-2-1-3-15(19)10-12/h1-10H,11H2. The first-order valence-electron chi connectivity index (χ1n) is 6.70. The molecule has 0 saturated heterocycles. The van der Waals surface area contributed by atoms with Crippen molar-refractivity contribution in [1.82, 2.24) is 9.78 Å². The molecule has 3 rings (SSSR count). The van der Waals surface area contributed by atoms with E-state index in [9.17, 15) is 9.18 Å². The van der Waals surface area contributed by atoms with Crippen molar-refractivity contribution in [1.29, 1.82) is 0 Å². The topological polar surface area (TPSA) is 34.9 Å². The van der Waals surface area contributed by atoms with Gasteiger partial charge in [0.2, 0.25) is 0 Å². The SMILES string of the molecule is O=c1ccc(-c2ccc(Br)cc2)nn1Cc1cccc(F)c1. The molecule has 0 aliphatic carbocycles. The van der Waals surface area contributed by atoms with Crippen LogP contribution in [0.1, 0.15) is 5.56 Å². The summed E-state index contributed by atoms with van der Waals surface area (Å²) in [5, 5.41) is 4.36. The van der Waals surface area contributed by atoms with E-state index in [1.54, 1.807) is 18.2 Å². The molecule has 0 spiro atoms. The van der Waals surface area contributed by atoms with Crippen LogP contribution in [0.5, 0.6) is 0 Å². The van der Waals surface area contributed by atoms with Crippen molar-refractivity contribution in [3.05, 3.63) is 86.9 Å². The molecule has 0 aliphatic rings. The highest BCUT2D eigenvalue weighted by Crippen LogP contribution is 2.18. The zero-order valence-electron chi connectivity index (χ0n) is 11.5. The molecule has 1 heterocycles. The second-order valence-electron chi connectivity index (χ2n) is 4.85. The first kappa shape index (κ1) is 14.7. The highest BCUT2D eigenvalue weighted by molar-refractivity contribution is 9.10. The van der Waals surface area contributed by atoms with Gasteiger partial charge in [-0.3, -0.25) is 4.79 Å². The first-order valence-corrected chi connectivity index (χ1v) is 7.50. The molecule has 110 valence electrons. The molecule has 0 fully saturated rings. The van der Waals surface area contributed by atoms with Gasteiger partial charge in [-0.25, -0.2) is 9.07 Å². The first-order chi connectivity index (χ1) is 10.6. The van der Waals surface area contributed by atoms with Gasteiger partial charge in [0, 0.05) is 16.1 Å². The summed E-state index contributed by atoms with van der Waals surface area (Å²) in [6, 6.07) is 17.0. The Morgan fingerprint density at radius 1 is 1.05 bits per heavy atom. The van der Waals surface area contributed by atoms with Gasteiger partial charge in [-0.2, -0.15) is 5.10 Å². The fourth-order valence-corrected chi connectivity index (χ4v) is 2.41. The number of hydrogen-bond donors (Lipinski definition) is 0. The molecule has 2 aromatic carbocycles. The van der Waals surface area contributed by atoms with Gasteiger partial charge in [-0.05, 0) is 35.9 Å². The molecule has 22 heavy (non-hydrogen) atoms. The van der Waals surface area contributed by atoms with Crippen molar-refractivity contribution in [3.8, 4) is 11.3 Å². The minimum Gasteiger partial charge on any atom is -0.268 e. The number of hydrogen-bond acceptors (Lipinski definition) is 2. The van der Waals surface area contributed by atoms with Gasteiger partial charge in [0.1, 0.15) is 5.82 Å². The second kappa shape index (κ2) is 6.23. The largest absolute Gasteiger partial charge is 0.268 e. The van der Waals surface area contributed by atoms with Crippen LogP contribution in [0.4, 0.5) is 4.39 Å². The van der Waals surface area contributed by atoms with E-state index in [0.29, 0.717) is 11.3 Å². The van der Waals surface area contributed by atoms with Crippen molar-refractivity contribution < 1.29 is 4.39 Å². The Morgan fingerprint density at radius 2 is 1.82 bits per heavy atom. The van der Waals surface area contributed by atoms with Crippen molar-refractivity contribution >= 4 is 15.9 Å². The van der Waals surface area contributed by atoms with Crippen molar-refractivity contribution in [2.45, 2.75) is 6.54 Å². The molecule has 0 N–H and O–H groups in total. The highest BCUT2D eigenvalue weighted by atomic mass is 79.9. The number of benzene rings is 2. The summed E-state index contributed by atoms with van der Waals surface area (Å²) in [7, 11) is 0. The third-order valence-corrected chi connectivity index (χ3v) is 3.76. The van der Waals surface area contributed by atoms with Crippen LogP contribution in [0.2, 0.25) is 0 Å². The van der Waals surface area contributed by atoms with Gasteiger partial charge in [0.05, 0.1) is 12.2 Å². The zero-order chi connectivity index (χ0) is 15.5. The molecule has 3 aromatic rings. The van der Waals surface area contributed by atoms with Gasteiger partial charge in [0.25, 0.3) is 5.56 Å².